The summed E-state index contributed by atoms with van der Waals surface area (Å²) in [4.78, 5) is 19.6. The number of hydrogen-bond acceptors (Lipinski definition) is 7. The summed E-state index contributed by atoms with van der Waals surface area (Å²) in [5, 5.41) is 38.0. The quantitative estimate of drug-likeness (QED) is 0.304. The molecule has 25 heavy (non-hydrogen) atoms. The van der Waals surface area contributed by atoms with E-state index in [-0.39, 0.29) is 83.5 Å². The van der Waals surface area contributed by atoms with Crippen LogP contribution in [-0.4, -0.2) is 28.2 Å². The van der Waals surface area contributed by atoms with Crippen molar-refractivity contribution in [1.29, 1.82) is 0 Å². The molecule has 9 heteroatoms. The van der Waals surface area contributed by atoms with Gasteiger partial charge in [-0.15, -0.1) is 0 Å². The van der Waals surface area contributed by atoms with Crippen LogP contribution in [0.1, 0.15) is 44.6 Å². The molecule has 0 bridgehead atoms. The molecule has 0 aliphatic carbocycles. The van der Waals surface area contributed by atoms with E-state index in [2.05, 4.69) is 6.92 Å². The van der Waals surface area contributed by atoms with Gasteiger partial charge in [-0.05, 0) is 43.4 Å². The fourth-order valence-corrected chi connectivity index (χ4v) is 1.77. The topological polar surface area (TPSA) is 147 Å². The first-order valence-electron chi connectivity index (χ1n) is 7.44. The number of carbonyl (C=O) groups excluding carboxylic acids is 2. The molecule has 0 aromatic heterocycles. The zero-order valence-corrected chi connectivity index (χ0v) is 19.2. The number of aromatic hydroxyl groups is 2. The number of unbranched alkanes of at least 4 members (excludes halogenated alkanes) is 2. The Balaban J connectivity index is -0.000000370. The molecule has 0 unspecified atom stereocenters. The molecule has 0 saturated carbocycles. The fraction of sp³-hybridized carbons (Fsp3) is 0.500. The number of rotatable bonds is 8. The van der Waals surface area contributed by atoms with Crippen LogP contribution in [0.4, 0.5) is 0 Å². The number of carbonyl (C=O) groups is 2. The van der Waals surface area contributed by atoms with Crippen LogP contribution in [0, 0.1) is 0 Å². The molecule has 0 heterocycles. The number of phenolic OH excluding ortho intramolecular Hbond substituents is 2. The smallest absolute Gasteiger partial charge is 0.550 e. The number of carboxylic acids is 2. The van der Waals surface area contributed by atoms with Crippen molar-refractivity contribution in [2.75, 3.05) is 0 Å². The van der Waals surface area contributed by atoms with E-state index < -0.39 is 18.0 Å². The van der Waals surface area contributed by atoms with E-state index in [4.69, 9.17) is 5.73 Å². The van der Waals surface area contributed by atoms with Crippen LogP contribution in [0.5, 0.6) is 11.5 Å². The molecular weight excluding hydrogens is 348 g/mol. The molecule has 1 aromatic rings. The SMILES string of the molecule is CCCCCc1cc(O)cc(O)c1.N[C@@H](CCC(=O)[O-])C(=O)[O-].[Na+].[Na+]. The number of carboxylic acid groups (broad SMARTS) is 2. The van der Waals surface area contributed by atoms with Gasteiger partial charge in [-0.25, -0.2) is 0 Å². The van der Waals surface area contributed by atoms with Crippen LogP contribution in [0.2, 0.25) is 0 Å². The van der Waals surface area contributed by atoms with E-state index in [9.17, 15) is 30.0 Å². The predicted molar refractivity (Wildman–Crippen MR) is 80.2 cm³/mol. The van der Waals surface area contributed by atoms with E-state index >= 15 is 0 Å². The van der Waals surface area contributed by atoms with Crippen molar-refractivity contribution in [2.45, 2.75) is 51.5 Å². The third kappa shape index (κ3) is 16.9. The molecule has 7 nitrogen and oxygen atoms in total. The maximum atomic E-state index is 9.86. The molecule has 130 valence electrons. The largest absolute Gasteiger partial charge is 1.00 e. The van der Waals surface area contributed by atoms with Crippen molar-refractivity contribution < 1.29 is 89.1 Å². The van der Waals surface area contributed by atoms with Crippen LogP contribution in [0.3, 0.4) is 0 Å². The molecule has 1 rings (SSSR count). The van der Waals surface area contributed by atoms with Crippen LogP contribution < -0.4 is 75.1 Å². The van der Waals surface area contributed by atoms with Gasteiger partial charge in [0.2, 0.25) is 0 Å². The molecule has 0 fully saturated rings. The second kappa shape index (κ2) is 17.1. The Labute approximate surface area is 192 Å². The zero-order valence-electron chi connectivity index (χ0n) is 15.2. The summed E-state index contributed by atoms with van der Waals surface area (Å²) in [7, 11) is 0. The van der Waals surface area contributed by atoms with Gasteiger partial charge < -0.3 is 35.7 Å². The molecule has 1 atom stereocenters. The number of phenols is 2. The first kappa shape index (κ1) is 29.5. The van der Waals surface area contributed by atoms with Crippen LogP contribution in [0.15, 0.2) is 18.2 Å². The number of benzene rings is 1. The van der Waals surface area contributed by atoms with Gasteiger partial charge in [-0.2, -0.15) is 0 Å². The number of aryl methyl sites for hydroxylation is 1. The Morgan fingerprint density at radius 2 is 1.60 bits per heavy atom. The molecule has 0 saturated heterocycles. The third-order valence-corrected chi connectivity index (χ3v) is 2.99. The van der Waals surface area contributed by atoms with Crippen molar-refractivity contribution >= 4 is 11.9 Å². The summed E-state index contributed by atoms with van der Waals surface area (Å²) in [6.07, 6.45) is 3.91. The summed E-state index contributed by atoms with van der Waals surface area (Å²) >= 11 is 0. The maximum Gasteiger partial charge on any atom is 1.00 e. The summed E-state index contributed by atoms with van der Waals surface area (Å²) in [5.74, 6) is -2.46. The normalized spacial score (nSPS) is 10.3. The monoisotopic (exact) mass is 371 g/mol. The van der Waals surface area contributed by atoms with Crippen molar-refractivity contribution in [3.8, 4) is 11.5 Å². The summed E-state index contributed by atoms with van der Waals surface area (Å²) < 4.78 is 0. The van der Waals surface area contributed by atoms with E-state index in [0.717, 1.165) is 18.4 Å². The molecule has 0 amide bonds. The van der Waals surface area contributed by atoms with Gasteiger partial charge in [-0.3, -0.25) is 0 Å². The van der Waals surface area contributed by atoms with E-state index in [1.165, 1.54) is 18.9 Å². The van der Waals surface area contributed by atoms with Crippen LogP contribution >= 0.6 is 0 Å². The number of hydrogen-bond donors (Lipinski definition) is 3. The number of nitrogens with two attached hydrogens (primary N) is 1. The zero-order chi connectivity index (χ0) is 17.8. The maximum absolute atomic E-state index is 9.86. The Bertz CT molecular complexity index is 493. The fourth-order valence-electron chi connectivity index (χ4n) is 1.77. The predicted octanol–water partition coefficient (Wildman–Crippen LogP) is -6.57. The van der Waals surface area contributed by atoms with E-state index in [0.29, 0.717) is 0 Å². The van der Waals surface area contributed by atoms with Gasteiger partial charge in [0.05, 0.1) is 5.97 Å². The minimum absolute atomic E-state index is 0. The van der Waals surface area contributed by atoms with Gasteiger partial charge in [0.15, 0.2) is 0 Å². The van der Waals surface area contributed by atoms with Gasteiger partial charge in [0.25, 0.3) is 0 Å². The summed E-state index contributed by atoms with van der Waals surface area (Å²) in [6, 6.07) is 3.55. The minimum atomic E-state index is -1.44. The van der Waals surface area contributed by atoms with Crippen molar-refractivity contribution in [1.82, 2.24) is 0 Å². The minimum Gasteiger partial charge on any atom is -0.550 e. The number of aliphatic carboxylic acids is 2. The van der Waals surface area contributed by atoms with Gasteiger partial charge in [0, 0.05) is 18.1 Å². The average molecular weight is 371 g/mol. The first-order chi connectivity index (χ1) is 10.8. The third-order valence-electron chi connectivity index (χ3n) is 2.99. The molecule has 0 spiro atoms. The summed E-state index contributed by atoms with van der Waals surface area (Å²) in [5.41, 5.74) is 5.92. The Hall–Kier alpha value is -0.280. The second-order valence-electron chi connectivity index (χ2n) is 5.15. The van der Waals surface area contributed by atoms with Gasteiger partial charge in [0.1, 0.15) is 11.5 Å². The molecule has 0 radical (unpaired) electrons. The Kier molecular flexibility index (Phi) is 20.2. The molecule has 0 aliphatic heterocycles. The van der Waals surface area contributed by atoms with Crippen molar-refractivity contribution in [2.24, 2.45) is 5.73 Å². The van der Waals surface area contributed by atoms with Crippen LogP contribution in [0.25, 0.3) is 0 Å². The van der Waals surface area contributed by atoms with Crippen LogP contribution in [-0.2, 0) is 16.0 Å². The Morgan fingerprint density at radius 1 is 1.08 bits per heavy atom. The van der Waals surface area contributed by atoms with Gasteiger partial charge in [-0.1, -0.05) is 19.8 Å². The standard InChI is InChI=1S/C11H16O2.C5H9NO4.2Na/c1-2-3-4-5-9-6-10(12)8-11(13)7-9;6-3(5(9)10)1-2-4(7)8;;/h6-8,12-13H,2-5H2,1H3;3H,1-2,6H2,(H,7,8)(H,9,10);;/q;;2*+1/p-2/t;3-;;/m.0../s1. The second-order valence-corrected chi connectivity index (χ2v) is 5.15. The van der Waals surface area contributed by atoms with E-state index in [1.54, 1.807) is 12.1 Å². The Morgan fingerprint density at radius 3 is 2.00 bits per heavy atom. The molecule has 0 aliphatic rings. The van der Waals surface area contributed by atoms with Gasteiger partial charge >= 0.3 is 59.1 Å². The molecule has 4 N–H and O–H groups in total. The average Bonchev–Trinajstić information content (AvgIpc) is 2.44. The summed E-state index contributed by atoms with van der Waals surface area (Å²) in [6.45, 7) is 2.15. The van der Waals surface area contributed by atoms with Crippen molar-refractivity contribution in [3.05, 3.63) is 23.8 Å². The van der Waals surface area contributed by atoms with E-state index in [1.807, 2.05) is 0 Å². The molecular formula is C16H23NNa2O6. The van der Waals surface area contributed by atoms with Crippen molar-refractivity contribution in [3.63, 3.8) is 0 Å². The molecule has 1 aromatic carbocycles. The first-order valence-corrected chi connectivity index (χ1v) is 7.44.